The summed E-state index contributed by atoms with van der Waals surface area (Å²) in [7, 11) is -3.15. The van der Waals surface area contributed by atoms with Gasteiger partial charge in [0.2, 0.25) is 0 Å². The predicted octanol–water partition coefficient (Wildman–Crippen LogP) is 1.78. The van der Waals surface area contributed by atoms with Crippen LogP contribution in [0, 0.1) is 0 Å². The van der Waals surface area contributed by atoms with Crippen LogP contribution in [0.15, 0.2) is 41.0 Å². The van der Waals surface area contributed by atoms with E-state index in [1.54, 1.807) is 30.5 Å². The van der Waals surface area contributed by atoms with Gasteiger partial charge in [-0.3, -0.25) is 0 Å². The van der Waals surface area contributed by atoms with Crippen molar-refractivity contribution in [2.75, 3.05) is 12.9 Å². The lowest BCUT2D eigenvalue weighted by atomic mass is 9.96. The molecule has 18 heavy (non-hydrogen) atoms. The molecule has 1 unspecified atom stereocenters. The molecule has 1 aromatic carbocycles. The molecule has 0 amide bonds. The minimum Gasteiger partial charge on any atom is -0.501 e. The Morgan fingerprint density at radius 1 is 1.28 bits per heavy atom. The third-order valence-corrected chi connectivity index (χ3v) is 4.16. The monoisotopic (exact) mass is 267 g/mol. The number of sulfone groups is 1. The highest BCUT2D eigenvalue weighted by Gasteiger charge is 2.15. The van der Waals surface area contributed by atoms with E-state index in [1.165, 1.54) is 6.26 Å². The van der Waals surface area contributed by atoms with E-state index in [0.29, 0.717) is 4.90 Å². The van der Waals surface area contributed by atoms with Crippen molar-refractivity contribution in [1.29, 1.82) is 0 Å². The molecule has 0 radical (unpaired) electrons. The fourth-order valence-electron chi connectivity index (χ4n) is 1.95. The Labute approximate surface area is 107 Å². The zero-order valence-corrected chi connectivity index (χ0v) is 11.1. The molecule has 0 spiro atoms. The lowest BCUT2D eigenvalue weighted by Gasteiger charge is -2.20. The van der Waals surface area contributed by atoms with Gasteiger partial charge in [0.05, 0.1) is 23.8 Å². The highest BCUT2D eigenvalue weighted by Crippen LogP contribution is 2.26. The first kappa shape index (κ1) is 13.1. The quantitative estimate of drug-likeness (QED) is 0.906. The summed E-state index contributed by atoms with van der Waals surface area (Å²) in [6.07, 6.45) is 4.81. The first-order chi connectivity index (χ1) is 8.48. The largest absolute Gasteiger partial charge is 0.501 e. The fourth-order valence-corrected chi connectivity index (χ4v) is 2.58. The van der Waals surface area contributed by atoms with Crippen LogP contribution >= 0.6 is 0 Å². The fraction of sp³-hybridized carbons (Fsp3) is 0.385. The molecule has 5 heteroatoms. The molecule has 1 aromatic rings. The second-order valence-electron chi connectivity index (χ2n) is 4.49. The van der Waals surface area contributed by atoms with Crippen LogP contribution in [-0.2, 0) is 14.6 Å². The number of nitrogens with two attached hydrogens (primary N) is 1. The van der Waals surface area contributed by atoms with E-state index in [4.69, 9.17) is 10.5 Å². The van der Waals surface area contributed by atoms with E-state index in [-0.39, 0.29) is 6.04 Å². The SMILES string of the molecule is CS(=O)(=O)c1ccc(C(N)C2=COCCC2)cc1. The first-order valence-electron chi connectivity index (χ1n) is 5.84. The van der Waals surface area contributed by atoms with Gasteiger partial charge in [0, 0.05) is 6.26 Å². The highest BCUT2D eigenvalue weighted by atomic mass is 32.2. The Morgan fingerprint density at radius 2 is 1.94 bits per heavy atom. The third-order valence-electron chi connectivity index (χ3n) is 3.03. The van der Waals surface area contributed by atoms with E-state index in [0.717, 1.165) is 30.6 Å². The molecular weight excluding hydrogens is 250 g/mol. The smallest absolute Gasteiger partial charge is 0.175 e. The second-order valence-corrected chi connectivity index (χ2v) is 6.50. The van der Waals surface area contributed by atoms with Gasteiger partial charge in [-0.2, -0.15) is 0 Å². The molecule has 0 bridgehead atoms. The van der Waals surface area contributed by atoms with Crippen molar-refractivity contribution >= 4 is 9.84 Å². The molecule has 1 heterocycles. The Kier molecular flexibility index (Phi) is 3.73. The molecule has 1 atom stereocenters. The van der Waals surface area contributed by atoms with Crippen molar-refractivity contribution in [3.05, 3.63) is 41.7 Å². The lowest BCUT2D eigenvalue weighted by molar-refractivity contribution is 0.221. The molecule has 1 aliphatic heterocycles. The summed E-state index contributed by atoms with van der Waals surface area (Å²) in [5.41, 5.74) is 8.08. The molecule has 0 fully saturated rings. The average molecular weight is 267 g/mol. The van der Waals surface area contributed by atoms with Crippen molar-refractivity contribution in [3.8, 4) is 0 Å². The van der Waals surface area contributed by atoms with Crippen molar-refractivity contribution in [2.45, 2.75) is 23.8 Å². The average Bonchev–Trinajstić information content (AvgIpc) is 2.38. The van der Waals surface area contributed by atoms with Crippen LogP contribution in [0.3, 0.4) is 0 Å². The van der Waals surface area contributed by atoms with Gasteiger partial charge in [-0.05, 0) is 36.1 Å². The van der Waals surface area contributed by atoms with Gasteiger partial charge in [-0.25, -0.2) is 8.42 Å². The second kappa shape index (κ2) is 5.12. The van der Waals surface area contributed by atoms with Crippen LogP contribution in [0.5, 0.6) is 0 Å². The van der Waals surface area contributed by atoms with Gasteiger partial charge in [-0.1, -0.05) is 12.1 Å². The van der Waals surface area contributed by atoms with Crippen LogP contribution in [0.2, 0.25) is 0 Å². The molecule has 1 aliphatic rings. The third kappa shape index (κ3) is 2.91. The molecule has 4 nitrogen and oxygen atoms in total. The number of benzene rings is 1. The maximum absolute atomic E-state index is 11.4. The Hall–Kier alpha value is -1.33. The van der Waals surface area contributed by atoms with Crippen LogP contribution in [0.4, 0.5) is 0 Å². The number of ether oxygens (including phenoxy) is 1. The van der Waals surface area contributed by atoms with E-state index in [1.807, 2.05) is 0 Å². The zero-order valence-electron chi connectivity index (χ0n) is 10.3. The van der Waals surface area contributed by atoms with Crippen LogP contribution in [-0.4, -0.2) is 21.3 Å². The van der Waals surface area contributed by atoms with Gasteiger partial charge in [-0.15, -0.1) is 0 Å². The summed E-state index contributed by atoms with van der Waals surface area (Å²) in [6, 6.07) is 6.48. The van der Waals surface area contributed by atoms with Gasteiger partial charge in [0.1, 0.15) is 0 Å². The van der Waals surface area contributed by atoms with Crippen LogP contribution in [0.25, 0.3) is 0 Å². The van der Waals surface area contributed by atoms with Gasteiger partial charge >= 0.3 is 0 Å². The summed E-state index contributed by atoms with van der Waals surface area (Å²) in [4.78, 5) is 0.312. The van der Waals surface area contributed by atoms with Gasteiger partial charge < -0.3 is 10.5 Å². The van der Waals surface area contributed by atoms with Crippen LogP contribution < -0.4 is 5.73 Å². The molecular formula is C13H17NO3S. The maximum atomic E-state index is 11.4. The van der Waals surface area contributed by atoms with E-state index >= 15 is 0 Å². The van der Waals surface area contributed by atoms with Crippen molar-refractivity contribution in [2.24, 2.45) is 5.73 Å². The van der Waals surface area contributed by atoms with Crippen molar-refractivity contribution in [3.63, 3.8) is 0 Å². The van der Waals surface area contributed by atoms with E-state index in [2.05, 4.69) is 0 Å². The minimum absolute atomic E-state index is 0.223. The zero-order chi connectivity index (χ0) is 13.2. The Balaban J connectivity index is 2.21. The Morgan fingerprint density at radius 3 is 2.44 bits per heavy atom. The molecule has 0 saturated carbocycles. The summed E-state index contributed by atoms with van der Waals surface area (Å²) >= 11 is 0. The molecule has 0 aromatic heterocycles. The number of rotatable bonds is 3. The normalized spacial score (nSPS) is 17.8. The standard InChI is InChI=1S/C13H17NO3S/c1-18(15,16)12-6-4-10(5-7-12)13(14)11-3-2-8-17-9-11/h4-7,9,13H,2-3,8,14H2,1H3. The van der Waals surface area contributed by atoms with Crippen molar-refractivity contribution < 1.29 is 13.2 Å². The lowest BCUT2D eigenvalue weighted by Crippen LogP contribution is -2.16. The van der Waals surface area contributed by atoms with Gasteiger partial charge in [0.25, 0.3) is 0 Å². The summed E-state index contributed by atoms with van der Waals surface area (Å²) < 4.78 is 28.0. The predicted molar refractivity (Wildman–Crippen MR) is 69.7 cm³/mol. The highest BCUT2D eigenvalue weighted by molar-refractivity contribution is 7.90. The molecule has 0 aliphatic carbocycles. The van der Waals surface area contributed by atoms with E-state index in [9.17, 15) is 8.42 Å². The molecule has 2 N–H and O–H groups in total. The number of hydrogen-bond acceptors (Lipinski definition) is 4. The maximum Gasteiger partial charge on any atom is 0.175 e. The first-order valence-corrected chi connectivity index (χ1v) is 7.74. The summed E-state index contributed by atoms with van der Waals surface area (Å²) in [5.74, 6) is 0. The number of hydrogen-bond donors (Lipinski definition) is 1. The van der Waals surface area contributed by atoms with Crippen LogP contribution in [0.1, 0.15) is 24.4 Å². The van der Waals surface area contributed by atoms with E-state index < -0.39 is 9.84 Å². The molecule has 98 valence electrons. The summed E-state index contributed by atoms with van der Waals surface area (Å²) in [6.45, 7) is 0.739. The summed E-state index contributed by atoms with van der Waals surface area (Å²) in [5, 5.41) is 0. The molecule has 0 saturated heterocycles. The Bertz CT molecular complexity index is 546. The topological polar surface area (TPSA) is 69.4 Å². The van der Waals surface area contributed by atoms with Crippen molar-refractivity contribution in [1.82, 2.24) is 0 Å². The van der Waals surface area contributed by atoms with Gasteiger partial charge in [0.15, 0.2) is 9.84 Å². The molecule has 2 rings (SSSR count). The minimum atomic E-state index is -3.15.